The number of fused-ring (bicyclic) bond motifs is 1. The number of hydrazone groups is 1. The molecule has 4 nitrogen and oxygen atoms in total. The first-order valence-corrected chi connectivity index (χ1v) is 9.74. The summed E-state index contributed by atoms with van der Waals surface area (Å²) < 4.78 is 0. The lowest BCUT2D eigenvalue weighted by molar-refractivity contribution is 0.387. The van der Waals surface area contributed by atoms with E-state index < -0.39 is 0 Å². The van der Waals surface area contributed by atoms with Crippen molar-refractivity contribution in [1.82, 2.24) is 5.01 Å². The first kappa shape index (κ1) is 16.3. The van der Waals surface area contributed by atoms with Gasteiger partial charge in [0.2, 0.25) is 5.17 Å². The number of hydrogen-bond acceptors (Lipinski definition) is 6. The van der Waals surface area contributed by atoms with Gasteiger partial charge in [-0.25, -0.2) is 10.0 Å². The lowest BCUT2D eigenvalue weighted by Gasteiger charge is -2.20. The van der Waals surface area contributed by atoms with Crippen LogP contribution < -0.4 is 4.90 Å². The Bertz CT molecular complexity index is 841. The van der Waals surface area contributed by atoms with Gasteiger partial charge in [0.1, 0.15) is 10.4 Å². The summed E-state index contributed by atoms with van der Waals surface area (Å²) in [6.07, 6.45) is 1.86. The number of rotatable bonds is 3. The molecule has 25 heavy (non-hydrogen) atoms. The van der Waals surface area contributed by atoms with E-state index in [1.54, 1.807) is 23.5 Å². The second-order valence-corrected chi connectivity index (χ2v) is 7.87. The highest BCUT2D eigenvalue weighted by Crippen LogP contribution is 2.50. The van der Waals surface area contributed by atoms with E-state index >= 15 is 0 Å². The normalized spacial score (nSPS) is 19.1. The van der Waals surface area contributed by atoms with E-state index in [0.717, 1.165) is 15.8 Å². The number of aliphatic imine (C=N–C) groups is 1. The molecule has 1 atom stereocenters. The largest absolute Gasteiger partial charge is 0.378 e. The molecule has 2 aromatic carbocycles. The monoisotopic (exact) mass is 366 g/mol. The van der Waals surface area contributed by atoms with Crippen LogP contribution >= 0.6 is 23.5 Å². The predicted molar refractivity (Wildman–Crippen MR) is 110 cm³/mol. The Morgan fingerprint density at radius 1 is 1.08 bits per heavy atom. The number of benzene rings is 2. The van der Waals surface area contributed by atoms with Crippen molar-refractivity contribution in [3.05, 3.63) is 76.2 Å². The van der Waals surface area contributed by atoms with E-state index in [1.807, 2.05) is 36.5 Å². The van der Waals surface area contributed by atoms with Crippen LogP contribution in [0, 0.1) is 0 Å². The molecule has 2 aromatic rings. The summed E-state index contributed by atoms with van der Waals surface area (Å²) in [6.45, 7) is 0. The maximum atomic E-state index is 4.70. The Balaban J connectivity index is 1.51. The number of thioether (sulfide) groups is 2. The first-order valence-electron chi connectivity index (χ1n) is 7.98. The van der Waals surface area contributed by atoms with Gasteiger partial charge in [0.25, 0.3) is 0 Å². The summed E-state index contributed by atoms with van der Waals surface area (Å²) in [4.78, 5) is 6.64. The molecule has 0 saturated carbocycles. The van der Waals surface area contributed by atoms with Crippen LogP contribution in [0.5, 0.6) is 0 Å². The maximum Gasteiger partial charge on any atom is 0.213 e. The van der Waals surface area contributed by atoms with E-state index in [2.05, 4.69) is 58.7 Å². The second kappa shape index (κ2) is 6.98. The van der Waals surface area contributed by atoms with E-state index in [-0.39, 0.29) is 5.37 Å². The van der Waals surface area contributed by atoms with Gasteiger partial charge in [-0.1, -0.05) is 54.2 Å². The Morgan fingerprint density at radius 2 is 1.84 bits per heavy atom. The molecule has 2 heterocycles. The van der Waals surface area contributed by atoms with Crippen LogP contribution in [0.4, 0.5) is 5.69 Å². The van der Waals surface area contributed by atoms with Crippen molar-refractivity contribution >= 4 is 40.6 Å². The summed E-state index contributed by atoms with van der Waals surface area (Å²) in [5.41, 5.74) is 3.53. The smallest absolute Gasteiger partial charge is 0.213 e. The number of hydrogen-bond donors (Lipinski definition) is 0. The van der Waals surface area contributed by atoms with Gasteiger partial charge in [-0.15, -0.1) is 5.10 Å². The summed E-state index contributed by atoms with van der Waals surface area (Å²) in [5, 5.41) is 11.0. The minimum atomic E-state index is 0.183. The average molecular weight is 367 g/mol. The van der Waals surface area contributed by atoms with Crippen LogP contribution in [-0.2, 0) is 0 Å². The minimum Gasteiger partial charge on any atom is -0.378 e. The van der Waals surface area contributed by atoms with E-state index in [1.165, 1.54) is 11.3 Å². The fourth-order valence-electron chi connectivity index (χ4n) is 2.61. The zero-order valence-electron chi connectivity index (χ0n) is 14.0. The molecular weight excluding hydrogens is 348 g/mol. The molecule has 0 aliphatic carbocycles. The van der Waals surface area contributed by atoms with E-state index in [0.29, 0.717) is 0 Å². The molecule has 2 aliphatic heterocycles. The van der Waals surface area contributed by atoms with Crippen LogP contribution in [0.3, 0.4) is 0 Å². The number of amidine groups is 1. The van der Waals surface area contributed by atoms with Crippen LogP contribution in [-0.4, -0.2) is 30.5 Å². The van der Waals surface area contributed by atoms with Gasteiger partial charge < -0.3 is 4.90 Å². The molecule has 1 unspecified atom stereocenters. The zero-order valence-corrected chi connectivity index (χ0v) is 15.7. The fraction of sp³-hybridized carbons (Fsp3) is 0.158. The highest BCUT2D eigenvalue weighted by molar-refractivity contribution is 8.18. The lowest BCUT2D eigenvalue weighted by Crippen LogP contribution is -2.13. The van der Waals surface area contributed by atoms with E-state index in [9.17, 15) is 0 Å². The molecule has 0 N–H and O–H groups in total. The molecule has 0 saturated heterocycles. The van der Waals surface area contributed by atoms with Crippen molar-refractivity contribution in [2.24, 2.45) is 10.1 Å². The van der Waals surface area contributed by atoms with Gasteiger partial charge in [0.05, 0.1) is 0 Å². The molecule has 6 heteroatoms. The lowest BCUT2D eigenvalue weighted by atomic mass is 10.2. The summed E-state index contributed by atoms with van der Waals surface area (Å²) >= 11 is 3.41. The minimum absolute atomic E-state index is 0.183. The van der Waals surface area contributed by atoms with Crippen LogP contribution in [0.2, 0.25) is 0 Å². The van der Waals surface area contributed by atoms with Gasteiger partial charge in [-0.3, -0.25) is 0 Å². The fourth-order valence-corrected chi connectivity index (χ4v) is 4.64. The summed E-state index contributed by atoms with van der Waals surface area (Å²) in [6, 6.07) is 18.7. The van der Waals surface area contributed by atoms with Gasteiger partial charge >= 0.3 is 0 Å². The van der Waals surface area contributed by atoms with Gasteiger partial charge in [-0.2, -0.15) is 0 Å². The summed E-state index contributed by atoms with van der Waals surface area (Å²) in [7, 11) is 4.11. The van der Waals surface area contributed by atoms with Crippen LogP contribution in [0.25, 0.3) is 0 Å². The highest BCUT2D eigenvalue weighted by Gasteiger charge is 2.34. The molecular formula is C19H18N4S2. The Hall–Kier alpha value is -2.18. The quantitative estimate of drug-likeness (QED) is 0.735. The van der Waals surface area contributed by atoms with Crippen molar-refractivity contribution in [3.8, 4) is 0 Å². The topological polar surface area (TPSA) is 31.2 Å². The molecule has 0 amide bonds. The van der Waals surface area contributed by atoms with Crippen LogP contribution in [0.1, 0.15) is 16.5 Å². The average Bonchev–Trinajstić information content (AvgIpc) is 3.21. The third-order valence-corrected chi connectivity index (χ3v) is 6.07. The Morgan fingerprint density at radius 3 is 2.56 bits per heavy atom. The molecule has 2 aliphatic rings. The van der Waals surface area contributed by atoms with Gasteiger partial charge in [0, 0.05) is 31.4 Å². The Labute approximate surface area is 156 Å². The molecule has 0 spiro atoms. The van der Waals surface area contributed by atoms with Crippen molar-refractivity contribution in [2.45, 2.75) is 5.37 Å². The number of anilines is 1. The van der Waals surface area contributed by atoms with Crippen molar-refractivity contribution in [2.75, 3.05) is 19.0 Å². The first-order chi connectivity index (χ1) is 12.2. The predicted octanol–water partition coefficient (Wildman–Crippen LogP) is 4.74. The van der Waals surface area contributed by atoms with E-state index in [4.69, 9.17) is 5.10 Å². The second-order valence-electron chi connectivity index (χ2n) is 5.93. The van der Waals surface area contributed by atoms with Crippen molar-refractivity contribution in [3.63, 3.8) is 0 Å². The van der Waals surface area contributed by atoms with Gasteiger partial charge in [-0.05, 0) is 35.0 Å². The molecule has 0 radical (unpaired) electrons. The number of nitrogens with zero attached hydrogens (tertiary/aromatic N) is 4. The van der Waals surface area contributed by atoms with Crippen molar-refractivity contribution in [1.29, 1.82) is 0 Å². The summed E-state index contributed by atoms with van der Waals surface area (Å²) in [5.74, 6) is 0. The molecule has 0 fully saturated rings. The molecule has 4 rings (SSSR count). The third-order valence-electron chi connectivity index (χ3n) is 3.95. The molecule has 0 aromatic heterocycles. The maximum absolute atomic E-state index is 4.70. The third kappa shape index (κ3) is 3.45. The van der Waals surface area contributed by atoms with Crippen molar-refractivity contribution < 1.29 is 0 Å². The Kier molecular flexibility index (Phi) is 4.55. The zero-order chi connectivity index (χ0) is 17.2. The standard InChI is InChI=1S/C19H18N4S2/c1-22(2)16-10-8-15(9-11-16)18-23-17(13-24-18)25-19(21-23)20-12-14-6-4-3-5-7-14/h3-13,18H,1-2H3/b20-12-. The van der Waals surface area contributed by atoms with Gasteiger partial charge in [0.15, 0.2) is 0 Å². The molecule has 0 bridgehead atoms. The SMILES string of the molecule is CN(C)c1ccc(C2SC=C3SC(/N=C\c4ccccc4)=NN32)cc1. The highest BCUT2D eigenvalue weighted by atomic mass is 32.2. The molecule has 126 valence electrons. The van der Waals surface area contributed by atoms with Crippen LogP contribution in [0.15, 0.2) is 75.1 Å².